The van der Waals surface area contributed by atoms with Gasteiger partial charge >= 0.3 is 12.2 Å². The molecule has 3 heterocycles. The smallest absolute Gasteiger partial charge is 0.410 e. The fourth-order valence-electron chi connectivity index (χ4n) is 5.61. The van der Waals surface area contributed by atoms with Gasteiger partial charge in [0, 0.05) is 92.0 Å². The first-order valence-electron chi connectivity index (χ1n) is 19.8. The molecule has 0 spiro atoms. The predicted octanol–water partition coefficient (Wildman–Crippen LogP) is 6.26. The van der Waals surface area contributed by atoms with Crippen molar-refractivity contribution in [2.75, 3.05) is 78.5 Å². The summed E-state index contributed by atoms with van der Waals surface area (Å²) in [7, 11) is -10.9. The van der Waals surface area contributed by atoms with Crippen LogP contribution in [0.3, 0.4) is 0 Å². The number of ether oxygens (including phenoxy) is 2. The van der Waals surface area contributed by atoms with E-state index in [9.17, 15) is 34.8 Å². The van der Waals surface area contributed by atoms with E-state index in [1.54, 1.807) is 91.2 Å². The Morgan fingerprint density at radius 1 is 0.492 bits per heavy atom. The average molecular weight is 1130 g/mol. The third-order valence-corrected chi connectivity index (χ3v) is 15.0. The van der Waals surface area contributed by atoms with Crippen LogP contribution in [0.1, 0.15) is 41.5 Å². The third kappa shape index (κ3) is 19.0. The van der Waals surface area contributed by atoms with Gasteiger partial charge in [0.15, 0.2) is 0 Å². The molecule has 0 aliphatic carbocycles. The van der Waals surface area contributed by atoms with E-state index in [2.05, 4.69) is 58.4 Å². The number of carbonyl (C=O) groups is 2. The Bertz CT molecular complexity index is 2260. The summed E-state index contributed by atoms with van der Waals surface area (Å²) in [4.78, 5) is 27.3. The number of amides is 2. The molecular weight excluding hydrogens is 1080 g/mol. The van der Waals surface area contributed by atoms with Crippen molar-refractivity contribution in [3.05, 3.63) is 86.2 Å². The van der Waals surface area contributed by atoms with E-state index in [1.807, 2.05) is 20.8 Å². The van der Waals surface area contributed by atoms with Gasteiger partial charge in [-0.2, -0.15) is 17.0 Å². The van der Waals surface area contributed by atoms with Crippen LogP contribution in [0.25, 0.3) is 0 Å². The largest absolute Gasteiger partial charge is 0.444 e. The molecule has 3 N–H and O–H groups in total. The molecular formula is C40H57Br3N6O11S3. The van der Waals surface area contributed by atoms with Crippen LogP contribution in [-0.2, 0) is 39.6 Å². The van der Waals surface area contributed by atoms with Crippen LogP contribution in [-0.4, -0.2) is 150 Å². The van der Waals surface area contributed by atoms with Gasteiger partial charge in [0.2, 0.25) is 20.0 Å². The summed E-state index contributed by atoms with van der Waals surface area (Å²) < 4.78 is 95.0. The van der Waals surface area contributed by atoms with Gasteiger partial charge in [-0.1, -0.05) is 47.8 Å². The second-order valence-corrected chi connectivity index (χ2v) is 24.1. The van der Waals surface area contributed by atoms with Gasteiger partial charge < -0.3 is 29.9 Å². The number of hydrogen-bond acceptors (Lipinski definition) is 12. The lowest BCUT2D eigenvalue weighted by Gasteiger charge is -2.34. The van der Waals surface area contributed by atoms with Crippen LogP contribution in [0.15, 0.2) is 101 Å². The van der Waals surface area contributed by atoms with Crippen LogP contribution in [0, 0.1) is 0 Å². The van der Waals surface area contributed by atoms with Crippen LogP contribution in [0.2, 0.25) is 0 Å². The minimum absolute atomic E-state index is 0.0966. The highest BCUT2D eigenvalue weighted by Gasteiger charge is 2.32. The second-order valence-electron chi connectivity index (χ2n) is 16.1. The number of hydrogen-bond donors (Lipinski definition) is 3. The van der Waals surface area contributed by atoms with Crippen LogP contribution in [0.5, 0.6) is 0 Å². The lowest BCUT2D eigenvalue weighted by molar-refractivity contribution is 0.0190. The highest BCUT2D eigenvalue weighted by molar-refractivity contribution is 9.11. The molecule has 23 heteroatoms. The van der Waals surface area contributed by atoms with E-state index < -0.39 is 41.9 Å². The minimum Gasteiger partial charge on any atom is -0.444 e. The topological polar surface area (TPSA) is 212 Å². The monoisotopic (exact) mass is 1130 g/mol. The molecule has 17 nitrogen and oxygen atoms in total. The number of nitrogens with one attached hydrogen (secondary N) is 2. The van der Waals surface area contributed by atoms with E-state index in [-0.39, 0.29) is 34.6 Å². The maximum absolute atomic E-state index is 12.6. The molecule has 6 rings (SSSR count). The number of halogens is 3. The molecule has 2 amide bonds. The Morgan fingerprint density at radius 2 is 0.778 bits per heavy atom. The van der Waals surface area contributed by atoms with Crippen molar-refractivity contribution >= 4 is 90.1 Å². The van der Waals surface area contributed by atoms with Crippen LogP contribution >= 0.6 is 47.8 Å². The molecule has 3 fully saturated rings. The van der Waals surface area contributed by atoms with Crippen molar-refractivity contribution in [2.45, 2.75) is 67.4 Å². The molecule has 0 unspecified atom stereocenters. The number of nitrogens with zero attached hydrogens (tertiary/aromatic N) is 4. The number of sulfonamides is 2. The maximum atomic E-state index is 12.6. The Labute approximate surface area is 397 Å². The number of rotatable bonds is 5. The summed E-state index contributed by atoms with van der Waals surface area (Å²) in [5.74, 6) is 0. The average Bonchev–Trinajstić information content (AvgIpc) is 3.21. The predicted molar refractivity (Wildman–Crippen MR) is 251 cm³/mol. The van der Waals surface area contributed by atoms with Gasteiger partial charge in [0.25, 0.3) is 10.1 Å². The zero-order valence-electron chi connectivity index (χ0n) is 36.1. The Balaban J connectivity index is 0.000000233. The normalized spacial score (nSPS) is 16.8. The highest BCUT2D eigenvalue weighted by Crippen LogP contribution is 2.22. The van der Waals surface area contributed by atoms with E-state index in [1.165, 1.54) is 20.7 Å². The molecule has 3 aromatic rings. The summed E-state index contributed by atoms with van der Waals surface area (Å²) in [5, 5.41) is 6.32. The Hall–Kier alpha value is -2.71. The van der Waals surface area contributed by atoms with Gasteiger partial charge in [0.1, 0.15) is 11.2 Å². The zero-order chi connectivity index (χ0) is 47.2. The van der Waals surface area contributed by atoms with E-state index >= 15 is 0 Å². The van der Waals surface area contributed by atoms with Crippen molar-refractivity contribution < 1.29 is 48.9 Å². The molecule has 3 aromatic carbocycles. The molecule has 0 saturated carbocycles. The molecule has 0 aromatic heterocycles. The van der Waals surface area contributed by atoms with Crippen molar-refractivity contribution in [3.8, 4) is 0 Å². The molecule has 0 radical (unpaired) electrons. The molecule has 0 bridgehead atoms. The first kappa shape index (κ1) is 54.6. The molecule has 352 valence electrons. The van der Waals surface area contributed by atoms with Crippen molar-refractivity contribution in [3.63, 3.8) is 0 Å². The number of piperazine rings is 3. The highest BCUT2D eigenvalue weighted by atomic mass is 79.9. The number of carbonyl (C=O) groups excluding carboxylic acids is 2. The summed E-state index contributed by atoms with van der Waals surface area (Å²) in [6, 6.07) is 19.0. The van der Waals surface area contributed by atoms with Crippen LogP contribution < -0.4 is 10.6 Å². The molecule has 0 atom stereocenters. The SMILES string of the molecule is CC(C)(C)OC(=O)N1CCN(S(=O)(=O)c2ccc(Br)cc2)CC1.CC(C)(C)OC(=O)N1CCNCC1.O=S(=O)(O)c1ccc(Br)cc1.O=S(=O)(c1ccc(Br)cc1)N1CCNCC1. The van der Waals surface area contributed by atoms with Gasteiger partial charge in [-0.3, -0.25) is 4.55 Å². The fourth-order valence-corrected chi connectivity index (χ4v) is 9.75. The molecule has 63 heavy (non-hydrogen) atoms. The lowest BCUT2D eigenvalue weighted by atomic mass is 10.2. The quantitative estimate of drug-likeness (QED) is 0.241. The second kappa shape index (κ2) is 24.2. The Morgan fingerprint density at radius 3 is 1.10 bits per heavy atom. The van der Waals surface area contributed by atoms with E-state index in [0.29, 0.717) is 31.1 Å². The summed E-state index contributed by atoms with van der Waals surface area (Å²) in [6.07, 6.45) is -0.604. The first-order chi connectivity index (χ1) is 29.2. The third-order valence-electron chi connectivity index (χ3n) is 8.75. The van der Waals surface area contributed by atoms with Gasteiger partial charge in [-0.25, -0.2) is 26.4 Å². The maximum Gasteiger partial charge on any atom is 0.410 e. The van der Waals surface area contributed by atoms with Crippen molar-refractivity contribution in [1.82, 2.24) is 29.0 Å². The molecule has 3 aliphatic heterocycles. The first-order valence-corrected chi connectivity index (χ1v) is 26.5. The summed E-state index contributed by atoms with van der Waals surface area (Å²) in [6.45, 7) is 18.0. The van der Waals surface area contributed by atoms with E-state index in [4.69, 9.17) is 14.0 Å². The van der Waals surface area contributed by atoms with Gasteiger partial charge in [-0.15, -0.1) is 0 Å². The van der Waals surface area contributed by atoms with Gasteiger partial charge in [0.05, 0.1) is 14.7 Å². The Kier molecular flexibility index (Phi) is 21.0. The molecule has 3 aliphatic rings. The van der Waals surface area contributed by atoms with Crippen molar-refractivity contribution in [2.24, 2.45) is 0 Å². The lowest BCUT2D eigenvalue weighted by Crippen LogP contribution is -2.51. The van der Waals surface area contributed by atoms with Crippen molar-refractivity contribution in [1.29, 1.82) is 0 Å². The zero-order valence-corrected chi connectivity index (χ0v) is 43.3. The molecule has 3 saturated heterocycles. The summed E-state index contributed by atoms with van der Waals surface area (Å²) >= 11 is 9.71. The minimum atomic E-state index is -4.04. The van der Waals surface area contributed by atoms with Gasteiger partial charge in [-0.05, 0) is 114 Å². The summed E-state index contributed by atoms with van der Waals surface area (Å²) in [5.41, 5.74) is -0.945. The van der Waals surface area contributed by atoms with Crippen LogP contribution in [0.4, 0.5) is 9.59 Å². The standard InChI is InChI=1S/C15H21BrN2O4S.C10H13BrN2O2S.C9H18N2O2.C6H5BrO3S/c1-15(2,3)22-14(19)17-8-10-18(11-9-17)23(20,21)13-6-4-12(16)5-7-13;11-9-1-3-10(4-2-9)16(14,15)13-7-5-12-6-8-13;1-9(2,3)13-8(12)11-6-4-10-5-7-11;7-5-1-3-6(4-2-5)11(8,9)10/h4-7H,8-11H2,1-3H3;1-4,12H,5-8H2;10H,4-7H2,1-3H3;1-4H,(H,8,9,10). The number of benzene rings is 3. The fraction of sp³-hybridized carbons (Fsp3) is 0.500. The van der Waals surface area contributed by atoms with E-state index in [0.717, 1.165) is 52.7 Å².